The summed E-state index contributed by atoms with van der Waals surface area (Å²) in [5, 5.41) is 0.398. The lowest BCUT2D eigenvalue weighted by molar-refractivity contribution is 0.0751. The fourth-order valence-electron chi connectivity index (χ4n) is 3.89. The molecule has 26 heavy (non-hydrogen) atoms. The minimum Gasteiger partial charge on any atom is -0.330 e. The number of benzene rings is 2. The van der Waals surface area contributed by atoms with Crippen molar-refractivity contribution >= 4 is 27.3 Å². The molecule has 0 atom stereocenters. The molecule has 1 fully saturated rings. The maximum Gasteiger partial charge on any atom is 0.254 e. The van der Waals surface area contributed by atoms with Crippen molar-refractivity contribution in [2.24, 2.45) is 0 Å². The van der Waals surface area contributed by atoms with Gasteiger partial charge in [-0.3, -0.25) is 4.79 Å². The molecule has 4 nitrogen and oxygen atoms in total. The Balaban J connectivity index is 1.53. The maximum absolute atomic E-state index is 12.8. The lowest BCUT2D eigenvalue weighted by Crippen LogP contribution is -2.25. The van der Waals surface area contributed by atoms with Crippen molar-refractivity contribution in [1.29, 1.82) is 0 Å². The molecular formula is C20H20ClNO3S. The molecule has 6 heteroatoms. The molecule has 0 spiro atoms. The van der Waals surface area contributed by atoms with E-state index in [0.717, 1.165) is 36.8 Å². The van der Waals surface area contributed by atoms with Gasteiger partial charge in [0.05, 0.1) is 10.1 Å². The summed E-state index contributed by atoms with van der Waals surface area (Å²) in [6.45, 7) is 1.01. The van der Waals surface area contributed by atoms with Crippen LogP contribution in [-0.4, -0.2) is 24.5 Å². The monoisotopic (exact) mass is 389 g/mol. The van der Waals surface area contributed by atoms with E-state index in [-0.39, 0.29) is 11.2 Å². The Morgan fingerprint density at radius 3 is 2.35 bits per heavy atom. The zero-order chi connectivity index (χ0) is 18.3. The van der Waals surface area contributed by atoms with Gasteiger partial charge in [-0.05, 0) is 54.3 Å². The van der Waals surface area contributed by atoms with Crippen molar-refractivity contribution in [3.63, 3.8) is 0 Å². The first-order chi connectivity index (χ1) is 12.5. The summed E-state index contributed by atoms with van der Waals surface area (Å²) in [6, 6.07) is 12.1. The van der Waals surface area contributed by atoms with Crippen molar-refractivity contribution in [2.45, 2.75) is 48.9 Å². The molecule has 136 valence electrons. The number of carbonyl (C=O) groups is 1. The zero-order valence-corrected chi connectivity index (χ0v) is 15.9. The molecule has 0 unspecified atom stereocenters. The first-order valence-corrected chi connectivity index (χ1v) is 10.8. The van der Waals surface area contributed by atoms with Gasteiger partial charge >= 0.3 is 0 Å². The van der Waals surface area contributed by atoms with Crippen LogP contribution in [0.5, 0.6) is 0 Å². The molecule has 1 aliphatic carbocycles. The summed E-state index contributed by atoms with van der Waals surface area (Å²) in [5.41, 5.74) is 2.55. The fraction of sp³-hybridized carbons (Fsp3) is 0.350. The van der Waals surface area contributed by atoms with E-state index in [1.165, 1.54) is 0 Å². The van der Waals surface area contributed by atoms with Crippen molar-refractivity contribution in [3.05, 3.63) is 64.2 Å². The van der Waals surface area contributed by atoms with Crippen LogP contribution in [0.1, 0.15) is 47.2 Å². The minimum absolute atomic E-state index is 0.109. The number of hydrogen-bond acceptors (Lipinski definition) is 3. The number of halogens is 1. The maximum atomic E-state index is 12.8. The summed E-state index contributed by atoms with van der Waals surface area (Å²) in [5.74, 6) is -0.109. The van der Waals surface area contributed by atoms with Gasteiger partial charge in [-0.2, -0.15) is 0 Å². The highest BCUT2D eigenvalue weighted by atomic mass is 35.5. The number of rotatable bonds is 3. The molecule has 0 N–H and O–H groups in total. The third-order valence-electron chi connectivity index (χ3n) is 5.38. The van der Waals surface area contributed by atoms with Crippen LogP contribution in [0.3, 0.4) is 0 Å². The van der Waals surface area contributed by atoms with Gasteiger partial charge < -0.3 is 4.90 Å². The molecule has 1 saturated carbocycles. The number of fused-ring (bicyclic) bond motifs is 1. The van der Waals surface area contributed by atoms with Crippen LogP contribution in [-0.2, 0) is 22.9 Å². The predicted molar refractivity (Wildman–Crippen MR) is 101 cm³/mol. The molecule has 2 aromatic carbocycles. The SMILES string of the molecule is O=C(c1ccc(S(=O)(=O)C2CCCC2)cc1)N1Cc2cccc(Cl)c2C1. The van der Waals surface area contributed by atoms with Crippen LogP contribution in [0.25, 0.3) is 0 Å². The second-order valence-electron chi connectivity index (χ2n) is 7.01. The van der Waals surface area contributed by atoms with Gasteiger partial charge in [0.2, 0.25) is 0 Å². The van der Waals surface area contributed by atoms with Crippen molar-refractivity contribution < 1.29 is 13.2 Å². The van der Waals surface area contributed by atoms with E-state index in [2.05, 4.69) is 0 Å². The van der Waals surface area contributed by atoms with Crippen LogP contribution >= 0.6 is 11.6 Å². The Hall–Kier alpha value is -1.85. The highest BCUT2D eigenvalue weighted by Gasteiger charge is 2.31. The summed E-state index contributed by atoms with van der Waals surface area (Å²) in [4.78, 5) is 14.8. The largest absolute Gasteiger partial charge is 0.330 e. The Bertz CT molecular complexity index is 948. The van der Waals surface area contributed by atoms with E-state index in [4.69, 9.17) is 11.6 Å². The molecule has 0 aromatic heterocycles. The summed E-state index contributed by atoms with van der Waals surface area (Å²) < 4.78 is 25.3. The minimum atomic E-state index is -3.29. The standard InChI is InChI=1S/C20H20ClNO3S/c21-19-7-3-4-15-12-22(13-18(15)19)20(23)14-8-10-17(11-9-14)26(24,25)16-5-1-2-6-16/h3-4,7-11,16H,1-2,5-6,12-13H2. The van der Waals surface area contributed by atoms with E-state index >= 15 is 0 Å². The number of carbonyl (C=O) groups excluding carboxylic acids is 1. The molecule has 1 aliphatic heterocycles. The fourth-order valence-corrected chi connectivity index (χ4v) is 5.99. The second kappa shape index (κ2) is 6.71. The zero-order valence-electron chi connectivity index (χ0n) is 14.3. The molecule has 4 rings (SSSR count). The van der Waals surface area contributed by atoms with Crippen molar-refractivity contribution in [1.82, 2.24) is 4.90 Å². The quantitative estimate of drug-likeness (QED) is 0.790. The van der Waals surface area contributed by atoms with E-state index in [1.54, 1.807) is 29.2 Å². The van der Waals surface area contributed by atoms with Gasteiger partial charge in [0.1, 0.15) is 0 Å². The number of nitrogens with zero attached hydrogens (tertiary/aromatic N) is 1. The van der Waals surface area contributed by atoms with Gasteiger partial charge in [-0.15, -0.1) is 0 Å². The third kappa shape index (κ3) is 3.03. The van der Waals surface area contributed by atoms with Crippen LogP contribution in [0, 0.1) is 0 Å². The Morgan fingerprint density at radius 2 is 1.69 bits per heavy atom. The molecule has 0 bridgehead atoms. The van der Waals surface area contributed by atoms with Crippen LogP contribution in [0.4, 0.5) is 0 Å². The van der Waals surface area contributed by atoms with E-state index in [1.807, 2.05) is 18.2 Å². The number of hydrogen-bond donors (Lipinski definition) is 0. The molecular weight excluding hydrogens is 370 g/mol. The number of amides is 1. The van der Waals surface area contributed by atoms with Gasteiger partial charge in [-0.25, -0.2) is 8.42 Å². The van der Waals surface area contributed by atoms with E-state index in [9.17, 15) is 13.2 Å². The predicted octanol–water partition coefficient (Wildman–Crippen LogP) is 4.21. The molecule has 0 saturated heterocycles. The van der Waals surface area contributed by atoms with E-state index in [0.29, 0.717) is 28.6 Å². The Morgan fingerprint density at radius 1 is 1.00 bits per heavy atom. The summed E-state index contributed by atoms with van der Waals surface area (Å²) >= 11 is 6.21. The average molecular weight is 390 g/mol. The molecule has 2 aliphatic rings. The lowest BCUT2D eigenvalue weighted by atomic mass is 10.1. The van der Waals surface area contributed by atoms with Gasteiger partial charge in [0.25, 0.3) is 5.91 Å². The molecule has 1 amide bonds. The average Bonchev–Trinajstić information content (AvgIpc) is 3.32. The van der Waals surface area contributed by atoms with Crippen LogP contribution < -0.4 is 0 Å². The van der Waals surface area contributed by atoms with Crippen molar-refractivity contribution in [3.8, 4) is 0 Å². The third-order valence-corrected chi connectivity index (χ3v) is 8.02. The van der Waals surface area contributed by atoms with Crippen LogP contribution in [0.15, 0.2) is 47.4 Å². The normalized spacial score (nSPS) is 17.5. The first kappa shape index (κ1) is 17.6. The highest BCUT2D eigenvalue weighted by molar-refractivity contribution is 7.92. The molecule has 0 radical (unpaired) electrons. The van der Waals surface area contributed by atoms with Gasteiger partial charge in [0.15, 0.2) is 9.84 Å². The molecule has 1 heterocycles. The smallest absolute Gasteiger partial charge is 0.254 e. The van der Waals surface area contributed by atoms with Crippen LogP contribution in [0.2, 0.25) is 5.02 Å². The highest BCUT2D eigenvalue weighted by Crippen LogP contribution is 2.31. The van der Waals surface area contributed by atoms with Crippen molar-refractivity contribution in [2.75, 3.05) is 0 Å². The Labute approximate surface area is 158 Å². The van der Waals surface area contributed by atoms with Gasteiger partial charge in [0, 0.05) is 23.7 Å². The summed E-state index contributed by atoms with van der Waals surface area (Å²) in [6.07, 6.45) is 3.41. The molecule has 2 aromatic rings. The summed E-state index contributed by atoms with van der Waals surface area (Å²) in [7, 11) is -3.29. The van der Waals surface area contributed by atoms with Gasteiger partial charge in [-0.1, -0.05) is 36.6 Å². The topological polar surface area (TPSA) is 54.5 Å². The lowest BCUT2D eigenvalue weighted by Gasteiger charge is -2.16. The second-order valence-corrected chi connectivity index (χ2v) is 9.65. The number of sulfone groups is 1. The van der Waals surface area contributed by atoms with E-state index < -0.39 is 9.84 Å². The first-order valence-electron chi connectivity index (χ1n) is 8.86. The Kier molecular flexibility index (Phi) is 4.53.